The van der Waals surface area contributed by atoms with Gasteiger partial charge in [0.2, 0.25) is 0 Å². The van der Waals surface area contributed by atoms with Gasteiger partial charge in [0.15, 0.2) is 0 Å². The average Bonchev–Trinajstić information content (AvgIpc) is 2.81. The molecule has 0 unspecified atom stereocenters. The number of piperidine rings is 1. The molecule has 22 heavy (non-hydrogen) atoms. The molecule has 3 N–H and O–H groups in total. The molecule has 0 atom stereocenters. The minimum atomic E-state index is -0.0185. The normalized spacial score (nSPS) is 20.9. The smallest absolute Gasteiger partial charge is 0.251 e. The van der Waals surface area contributed by atoms with E-state index in [9.17, 15) is 4.79 Å². The first-order valence-corrected chi connectivity index (χ1v) is 7.77. The molecule has 3 rings (SSSR count). The highest BCUT2D eigenvalue weighted by Crippen LogP contribution is 2.28. The molecule has 1 amide bonds. The van der Waals surface area contributed by atoms with E-state index in [0.29, 0.717) is 5.56 Å². The molecular weight excluding hydrogens is 276 g/mol. The highest BCUT2D eigenvalue weighted by Gasteiger charge is 2.38. The second-order valence-electron chi connectivity index (χ2n) is 7.61. The van der Waals surface area contributed by atoms with Crippen molar-refractivity contribution in [3.05, 3.63) is 30.1 Å². The zero-order valence-electron chi connectivity index (χ0n) is 13.7. The molecular formula is C17H24N4O. The van der Waals surface area contributed by atoms with Gasteiger partial charge in [-0.1, -0.05) is 0 Å². The molecule has 0 saturated carbocycles. The van der Waals surface area contributed by atoms with E-state index in [-0.39, 0.29) is 23.0 Å². The summed E-state index contributed by atoms with van der Waals surface area (Å²) in [5, 5.41) is 6.82. The molecule has 1 fully saturated rings. The molecule has 5 nitrogen and oxygen atoms in total. The molecule has 5 heteroatoms. The number of nitrogens with zero attached hydrogens (tertiary/aromatic N) is 1. The predicted molar refractivity (Wildman–Crippen MR) is 87.9 cm³/mol. The van der Waals surface area contributed by atoms with Crippen LogP contribution >= 0.6 is 0 Å². The first-order chi connectivity index (χ1) is 10.2. The van der Waals surface area contributed by atoms with E-state index < -0.39 is 0 Å². The van der Waals surface area contributed by atoms with Crippen molar-refractivity contribution in [2.75, 3.05) is 0 Å². The maximum atomic E-state index is 12.5. The number of amides is 1. The van der Waals surface area contributed by atoms with Crippen LogP contribution in [0.4, 0.5) is 0 Å². The van der Waals surface area contributed by atoms with Gasteiger partial charge in [-0.05, 0) is 58.7 Å². The summed E-state index contributed by atoms with van der Waals surface area (Å²) in [5.74, 6) is -0.0185. The number of fused-ring (bicyclic) bond motifs is 1. The number of hydrogen-bond acceptors (Lipinski definition) is 3. The van der Waals surface area contributed by atoms with E-state index in [2.05, 4.69) is 48.3 Å². The zero-order valence-corrected chi connectivity index (χ0v) is 13.7. The third-order valence-corrected chi connectivity index (χ3v) is 4.21. The Morgan fingerprint density at radius 3 is 2.59 bits per heavy atom. The number of rotatable bonds is 2. The van der Waals surface area contributed by atoms with E-state index in [1.165, 1.54) is 0 Å². The Morgan fingerprint density at radius 2 is 1.91 bits per heavy atom. The van der Waals surface area contributed by atoms with Crippen LogP contribution in [0.3, 0.4) is 0 Å². The van der Waals surface area contributed by atoms with Crippen molar-refractivity contribution < 1.29 is 4.79 Å². The number of aromatic nitrogens is 2. The van der Waals surface area contributed by atoms with Gasteiger partial charge in [-0.3, -0.25) is 4.79 Å². The van der Waals surface area contributed by atoms with Gasteiger partial charge in [0.1, 0.15) is 0 Å². The van der Waals surface area contributed by atoms with Crippen LogP contribution in [-0.2, 0) is 0 Å². The van der Waals surface area contributed by atoms with Crippen LogP contribution in [0.1, 0.15) is 50.9 Å². The second-order valence-corrected chi connectivity index (χ2v) is 7.61. The van der Waals surface area contributed by atoms with E-state index in [1.807, 2.05) is 18.2 Å². The van der Waals surface area contributed by atoms with E-state index in [4.69, 9.17) is 0 Å². The molecule has 118 valence electrons. The number of nitrogens with one attached hydrogen (secondary N) is 3. The number of benzene rings is 1. The highest BCUT2D eigenvalue weighted by atomic mass is 16.1. The Labute approximate surface area is 130 Å². The van der Waals surface area contributed by atoms with Gasteiger partial charge in [0.25, 0.3) is 5.91 Å². The van der Waals surface area contributed by atoms with E-state index in [0.717, 1.165) is 23.9 Å². The summed E-state index contributed by atoms with van der Waals surface area (Å²) in [4.78, 5) is 19.8. The van der Waals surface area contributed by atoms with Crippen molar-refractivity contribution in [1.82, 2.24) is 20.6 Å². The van der Waals surface area contributed by atoms with Crippen molar-refractivity contribution in [3.8, 4) is 0 Å². The molecule has 1 aromatic heterocycles. The number of hydrogen-bond donors (Lipinski definition) is 3. The monoisotopic (exact) mass is 300 g/mol. The highest BCUT2D eigenvalue weighted by molar-refractivity contribution is 5.97. The molecule has 1 aromatic carbocycles. The quantitative estimate of drug-likeness (QED) is 0.798. The van der Waals surface area contributed by atoms with Crippen molar-refractivity contribution in [3.63, 3.8) is 0 Å². The molecule has 2 heterocycles. The van der Waals surface area contributed by atoms with Crippen molar-refractivity contribution in [2.24, 2.45) is 0 Å². The Kier molecular flexibility index (Phi) is 3.48. The fourth-order valence-corrected chi connectivity index (χ4v) is 3.77. The SMILES string of the molecule is CC1(C)CC(NC(=O)c2ccc3nc[nH]c3c2)CC(C)(C)N1. The van der Waals surface area contributed by atoms with Crippen molar-refractivity contribution >= 4 is 16.9 Å². The lowest BCUT2D eigenvalue weighted by Crippen LogP contribution is -2.62. The fraction of sp³-hybridized carbons (Fsp3) is 0.529. The first-order valence-electron chi connectivity index (χ1n) is 7.77. The van der Waals surface area contributed by atoms with Gasteiger partial charge in [-0.15, -0.1) is 0 Å². The predicted octanol–water partition coefficient (Wildman–Crippen LogP) is 2.60. The molecule has 1 aliphatic rings. The Morgan fingerprint density at radius 1 is 1.23 bits per heavy atom. The second kappa shape index (κ2) is 5.09. The van der Waals surface area contributed by atoms with Gasteiger partial charge in [0, 0.05) is 22.7 Å². The zero-order chi connectivity index (χ0) is 16.0. The number of imidazole rings is 1. The Hall–Kier alpha value is -1.88. The summed E-state index contributed by atoms with van der Waals surface area (Å²) in [6, 6.07) is 5.73. The van der Waals surface area contributed by atoms with Gasteiger partial charge < -0.3 is 15.6 Å². The molecule has 1 aliphatic heterocycles. The third kappa shape index (κ3) is 3.14. The standard InChI is InChI=1S/C17H24N4O/c1-16(2)8-12(9-17(3,4)21-16)20-15(22)11-5-6-13-14(7-11)19-10-18-13/h5-7,10,12,21H,8-9H2,1-4H3,(H,18,19)(H,20,22). The molecule has 0 spiro atoms. The Balaban J connectivity index is 1.75. The van der Waals surface area contributed by atoms with Crippen LogP contribution < -0.4 is 10.6 Å². The summed E-state index contributed by atoms with van der Waals surface area (Å²) in [5.41, 5.74) is 2.48. The van der Waals surface area contributed by atoms with Crippen LogP contribution in [0.25, 0.3) is 11.0 Å². The summed E-state index contributed by atoms with van der Waals surface area (Å²) >= 11 is 0. The minimum absolute atomic E-state index is 0.0185. The minimum Gasteiger partial charge on any atom is -0.349 e. The first kappa shape index (κ1) is 15.0. The van der Waals surface area contributed by atoms with Crippen LogP contribution in [0.15, 0.2) is 24.5 Å². The molecule has 2 aromatic rings. The summed E-state index contributed by atoms with van der Waals surface area (Å²) in [7, 11) is 0. The molecule has 0 aliphatic carbocycles. The molecule has 1 saturated heterocycles. The Bertz CT molecular complexity index is 686. The summed E-state index contributed by atoms with van der Waals surface area (Å²) in [6.07, 6.45) is 3.49. The number of carbonyl (C=O) groups is 1. The number of H-pyrrole nitrogens is 1. The summed E-state index contributed by atoms with van der Waals surface area (Å²) in [6.45, 7) is 8.74. The number of carbonyl (C=O) groups excluding carboxylic acids is 1. The number of aromatic amines is 1. The maximum absolute atomic E-state index is 12.5. The molecule has 0 radical (unpaired) electrons. The lowest BCUT2D eigenvalue weighted by atomic mass is 9.79. The fourth-order valence-electron chi connectivity index (χ4n) is 3.77. The van der Waals surface area contributed by atoms with Gasteiger partial charge in [0.05, 0.1) is 17.4 Å². The van der Waals surface area contributed by atoms with Crippen LogP contribution in [0.5, 0.6) is 0 Å². The van der Waals surface area contributed by atoms with Crippen LogP contribution in [0, 0.1) is 0 Å². The van der Waals surface area contributed by atoms with Crippen LogP contribution in [-0.4, -0.2) is 33.0 Å². The van der Waals surface area contributed by atoms with Gasteiger partial charge in [-0.25, -0.2) is 4.98 Å². The van der Waals surface area contributed by atoms with Crippen molar-refractivity contribution in [2.45, 2.75) is 57.7 Å². The van der Waals surface area contributed by atoms with Crippen molar-refractivity contribution in [1.29, 1.82) is 0 Å². The third-order valence-electron chi connectivity index (χ3n) is 4.21. The van der Waals surface area contributed by atoms with Gasteiger partial charge in [-0.2, -0.15) is 0 Å². The van der Waals surface area contributed by atoms with E-state index >= 15 is 0 Å². The topological polar surface area (TPSA) is 69.8 Å². The summed E-state index contributed by atoms with van der Waals surface area (Å²) < 4.78 is 0. The van der Waals surface area contributed by atoms with Crippen LogP contribution in [0.2, 0.25) is 0 Å². The van der Waals surface area contributed by atoms with E-state index in [1.54, 1.807) is 6.33 Å². The maximum Gasteiger partial charge on any atom is 0.251 e. The largest absolute Gasteiger partial charge is 0.349 e. The lowest BCUT2D eigenvalue weighted by molar-refractivity contribution is 0.0873. The average molecular weight is 300 g/mol. The van der Waals surface area contributed by atoms with Gasteiger partial charge >= 0.3 is 0 Å². The molecule has 0 bridgehead atoms. The lowest BCUT2D eigenvalue weighted by Gasteiger charge is -2.46.